The van der Waals surface area contributed by atoms with E-state index >= 15 is 0 Å². The van der Waals surface area contributed by atoms with Crippen molar-refractivity contribution >= 4 is 21.8 Å². The molecule has 1 amide bonds. The fourth-order valence-electron chi connectivity index (χ4n) is 2.01. The standard InChI is InChI=1S/C15H21N3O3S/c1-10(2)11(3)17-14(19)8-9-16-15-12-6-4-5-7-13(12)22(20,21)18-15/h4-7,10-11H,8-9H2,1-3H3,(H,16,18)(H,17,19)/t11-/m0/s1. The molecule has 2 rings (SSSR count). The van der Waals surface area contributed by atoms with Crippen molar-refractivity contribution in [2.45, 2.75) is 38.1 Å². The average molecular weight is 323 g/mol. The van der Waals surface area contributed by atoms with Gasteiger partial charge in [-0.25, -0.2) is 8.42 Å². The molecule has 0 aliphatic carbocycles. The summed E-state index contributed by atoms with van der Waals surface area (Å²) in [6, 6.07) is 6.77. The number of hydrogen-bond donors (Lipinski definition) is 2. The second kappa shape index (κ2) is 6.48. The third kappa shape index (κ3) is 3.65. The van der Waals surface area contributed by atoms with E-state index in [1.165, 1.54) is 6.07 Å². The molecule has 0 radical (unpaired) electrons. The van der Waals surface area contributed by atoms with Crippen molar-refractivity contribution < 1.29 is 13.2 Å². The smallest absolute Gasteiger partial charge is 0.263 e. The summed E-state index contributed by atoms with van der Waals surface area (Å²) in [5.74, 6) is 0.587. The van der Waals surface area contributed by atoms with Gasteiger partial charge in [0.25, 0.3) is 10.0 Å². The Bertz CT molecular complexity index is 696. The number of rotatable bonds is 5. The molecule has 0 saturated heterocycles. The summed E-state index contributed by atoms with van der Waals surface area (Å²) < 4.78 is 26.2. The molecule has 0 bridgehead atoms. The summed E-state index contributed by atoms with van der Waals surface area (Å²) in [6.07, 6.45) is 0.227. The number of sulfonamides is 1. The molecule has 0 saturated carbocycles. The first-order valence-electron chi connectivity index (χ1n) is 7.27. The van der Waals surface area contributed by atoms with Gasteiger partial charge >= 0.3 is 0 Å². The highest BCUT2D eigenvalue weighted by Crippen LogP contribution is 2.22. The van der Waals surface area contributed by atoms with Gasteiger partial charge in [-0.3, -0.25) is 14.5 Å². The summed E-state index contributed by atoms with van der Waals surface area (Å²) in [5, 5.41) is 2.89. The van der Waals surface area contributed by atoms with Crippen LogP contribution in [0.15, 0.2) is 34.2 Å². The van der Waals surface area contributed by atoms with E-state index in [0.717, 1.165) is 0 Å². The molecular weight excluding hydrogens is 302 g/mol. The normalized spacial score (nSPS) is 18.8. The predicted octanol–water partition coefficient (Wildman–Crippen LogP) is 1.28. The Morgan fingerprint density at radius 3 is 2.64 bits per heavy atom. The van der Waals surface area contributed by atoms with Gasteiger partial charge in [-0.15, -0.1) is 0 Å². The molecule has 0 aromatic heterocycles. The lowest BCUT2D eigenvalue weighted by atomic mass is 10.1. The van der Waals surface area contributed by atoms with Crippen LogP contribution in [0, 0.1) is 5.92 Å². The van der Waals surface area contributed by atoms with Crippen molar-refractivity contribution in [3.05, 3.63) is 29.8 Å². The number of hydrogen-bond acceptors (Lipinski definition) is 4. The molecule has 1 aliphatic heterocycles. The molecule has 1 aromatic rings. The Balaban J connectivity index is 2.00. The molecule has 6 nitrogen and oxygen atoms in total. The molecule has 0 unspecified atom stereocenters. The molecule has 0 spiro atoms. The third-order valence-corrected chi connectivity index (χ3v) is 5.06. The van der Waals surface area contributed by atoms with Crippen LogP contribution in [0.1, 0.15) is 32.8 Å². The van der Waals surface area contributed by atoms with Crippen LogP contribution in [0.25, 0.3) is 0 Å². The Morgan fingerprint density at radius 2 is 1.95 bits per heavy atom. The predicted molar refractivity (Wildman–Crippen MR) is 85.2 cm³/mol. The van der Waals surface area contributed by atoms with Crippen molar-refractivity contribution in [2.24, 2.45) is 10.9 Å². The SMILES string of the molecule is CC(C)[C@H](C)NC(=O)CCN=C1NS(=O)(=O)c2ccccc21. The van der Waals surface area contributed by atoms with E-state index in [9.17, 15) is 13.2 Å². The molecule has 22 heavy (non-hydrogen) atoms. The van der Waals surface area contributed by atoms with E-state index in [4.69, 9.17) is 0 Å². The first-order valence-corrected chi connectivity index (χ1v) is 8.75. The minimum Gasteiger partial charge on any atom is -0.353 e. The van der Waals surface area contributed by atoms with Crippen LogP contribution in [0.2, 0.25) is 0 Å². The topological polar surface area (TPSA) is 87.6 Å². The lowest BCUT2D eigenvalue weighted by molar-refractivity contribution is -0.121. The van der Waals surface area contributed by atoms with E-state index in [-0.39, 0.29) is 29.8 Å². The van der Waals surface area contributed by atoms with Gasteiger partial charge in [0.2, 0.25) is 5.91 Å². The highest BCUT2D eigenvalue weighted by molar-refractivity contribution is 7.90. The second-order valence-electron chi connectivity index (χ2n) is 5.68. The minimum atomic E-state index is -3.52. The maximum Gasteiger partial charge on any atom is 0.263 e. The van der Waals surface area contributed by atoms with Gasteiger partial charge in [0.05, 0.1) is 11.4 Å². The number of nitrogens with zero attached hydrogens (tertiary/aromatic N) is 1. The molecule has 2 N–H and O–H groups in total. The van der Waals surface area contributed by atoms with E-state index in [1.807, 2.05) is 20.8 Å². The quantitative estimate of drug-likeness (QED) is 0.855. The Labute approximate surface area is 131 Å². The summed E-state index contributed by atoms with van der Waals surface area (Å²) in [6.45, 7) is 6.27. The summed E-state index contributed by atoms with van der Waals surface area (Å²) in [4.78, 5) is 16.2. The van der Waals surface area contributed by atoms with Crippen molar-refractivity contribution in [2.75, 3.05) is 6.54 Å². The van der Waals surface area contributed by atoms with Crippen LogP contribution < -0.4 is 10.0 Å². The van der Waals surface area contributed by atoms with Gasteiger partial charge in [0.1, 0.15) is 5.84 Å². The number of nitrogens with one attached hydrogen (secondary N) is 2. The second-order valence-corrected chi connectivity index (χ2v) is 7.33. The molecule has 1 atom stereocenters. The fourth-order valence-corrected chi connectivity index (χ4v) is 3.26. The zero-order chi connectivity index (χ0) is 16.3. The van der Waals surface area contributed by atoms with E-state index in [0.29, 0.717) is 17.3 Å². The lowest BCUT2D eigenvalue weighted by Gasteiger charge is -2.16. The van der Waals surface area contributed by atoms with Crippen LogP contribution in [0.5, 0.6) is 0 Å². The molecule has 7 heteroatoms. The zero-order valence-electron chi connectivity index (χ0n) is 13.0. The van der Waals surface area contributed by atoms with Crippen molar-refractivity contribution in [3.63, 3.8) is 0 Å². The molecule has 1 heterocycles. The Kier molecular flexibility index (Phi) is 4.85. The number of aliphatic imine (C=N–C) groups is 1. The maximum atomic E-state index is 11.9. The van der Waals surface area contributed by atoms with E-state index in [2.05, 4.69) is 15.0 Å². The molecule has 1 aliphatic rings. The van der Waals surface area contributed by atoms with Gasteiger partial charge in [-0.1, -0.05) is 26.0 Å². The first-order chi connectivity index (χ1) is 10.3. The number of carbonyl (C=O) groups excluding carboxylic acids is 1. The highest BCUT2D eigenvalue weighted by Gasteiger charge is 2.29. The largest absolute Gasteiger partial charge is 0.353 e. The summed E-state index contributed by atoms with van der Waals surface area (Å²) >= 11 is 0. The van der Waals surface area contributed by atoms with Gasteiger partial charge in [-0.05, 0) is 25.0 Å². The van der Waals surface area contributed by atoms with Crippen LogP contribution >= 0.6 is 0 Å². The van der Waals surface area contributed by atoms with Gasteiger partial charge in [0.15, 0.2) is 0 Å². The van der Waals surface area contributed by atoms with Crippen molar-refractivity contribution in [1.82, 2.24) is 10.0 Å². The minimum absolute atomic E-state index is 0.0836. The monoisotopic (exact) mass is 323 g/mol. The van der Waals surface area contributed by atoms with Crippen molar-refractivity contribution in [1.29, 1.82) is 0 Å². The summed E-state index contributed by atoms with van der Waals surface area (Å²) in [5.41, 5.74) is 0.554. The van der Waals surface area contributed by atoms with E-state index < -0.39 is 10.0 Å². The highest BCUT2D eigenvalue weighted by atomic mass is 32.2. The van der Waals surface area contributed by atoms with Gasteiger partial charge in [0, 0.05) is 18.0 Å². The number of benzene rings is 1. The zero-order valence-corrected chi connectivity index (χ0v) is 13.8. The maximum absolute atomic E-state index is 11.9. The number of fused-ring (bicyclic) bond motifs is 1. The van der Waals surface area contributed by atoms with Crippen LogP contribution in [0.4, 0.5) is 0 Å². The average Bonchev–Trinajstić information content (AvgIpc) is 2.71. The molecule has 1 aromatic carbocycles. The summed E-state index contributed by atoms with van der Waals surface area (Å²) in [7, 11) is -3.52. The first kappa shape index (κ1) is 16.5. The van der Waals surface area contributed by atoms with Gasteiger partial charge in [-0.2, -0.15) is 0 Å². The fraction of sp³-hybridized carbons (Fsp3) is 0.467. The third-order valence-electron chi connectivity index (χ3n) is 3.66. The van der Waals surface area contributed by atoms with Crippen LogP contribution in [-0.4, -0.2) is 32.7 Å². The number of amides is 1. The molecule has 0 fully saturated rings. The lowest BCUT2D eigenvalue weighted by Crippen LogP contribution is -2.36. The number of carbonyl (C=O) groups is 1. The van der Waals surface area contributed by atoms with Crippen LogP contribution in [0.3, 0.4) is 0 Å². The Morgan fingerprint density at radius 1 is 1.27 bits per heavy atom. The Hall–Kier alpha value is -1.89. The van der Waals surface area contributed by atoms with Gasteiger partial charge < -0.3 is 5.32 Å². The van der Waals surface area contributed by atoms with Crippen LogP contribution in [-0.2, 0) is 14.8 Å². The van der Waals surface area contributed by atoms with Crippen molar-refractivity contribution in [3.8, 4) is 0 Å². The molecular formula is C15H21N3O3S. The number of amidine groups is 1. The van der Waals surface area contributed by atoms with E-state index in [1.54, 1.807) is 18.2 Å². The molecule has 120 valence electrons.